The first-order valence-corrected chi connectivity index (χ1v) is 6.02. The van der Waals surface area contributed by atoms with Crippen molar-refractivity contribution in [1.29, 1.82) is 0 Å². The molecule has 108 valence electrons. The molecule has 0 aliphatic carbocycles. The molecule has 6 nitrogen and oxygen atoms in total. The van der Waals surface area contributed by atoms with E-state index in [0.717, 1.165) is 6.07 Å². The fourth-order valence-corrected chi connectivity index (χ4v) is 1.87. The van der Waals surface area contributed by atoms with Gasteiger partial charge < -0.3 is 20.5 Å². The largest absolute Gasteiger partial charge is 0.465 e. The third-order valence-electron chi connectivity index (χ3n) is 3.14. The maximum absolute atomic E-state index is 13.7. The van der Waals surface area contributed by atoms with Crippen molar-refractivity contribution in [2.24, 2.45) is 5.73 Å². The van der Waals surface area contributed by atoms with Gasteiger partial charge in [-0.1, -0.05) is 0 Å². The summed E-state index contributed by atoms with van der Waals surface area (Å²) in [5.41, 5.74) is 4.72. The number of esters is 1. The average molecular weight is 282 g/mol. The van der Waals surface area contributed by atoms with Gasteiger partial charge in [-0.15, -0.1) is 0 Å². The van der Waals surface area contributed by atoms with Crippen molar-refractivity contribution in [1.82, 2.24) is 0 Å². The number of methoxy groups -OCH3 is 1. The van der Waals surface area contributed by atoms with Crippen LogP contribution in [0.2, 0.25) is 0 Å². The molecule has 0 bridgehead atoms. The lowest BCUT2D eigenvalue weighted by Crippen LogP contribution is -2.51. The molecule has 1 amide bonds. The lowest BCUT2D eigenvalue weighted by Gasteiger charge is -2.20. The maximum atomic E-state index is 13.7. The Kier molecular flexibility index (Phi) is 4.01. The Labute approximate surface area is 115 Å². The molecule has 7 heteroatoms. The second-order valence-electron chi connectivity index (χ2n) is 4.60. The molecule has 1 aliphatic heterocycles. The van der Waals surface area contributed by atoms with Crippen molar-refractivity contribution >= 4 is 17.6 Å². The van der Waals surface area contributed by atoms with E-state index < -0.39 is 23.2 Å². The van der Waals surface area contributed by atoms with Gasteiger partial charge in [-0.3, -0.25) is 4.79 Å². The first-order valence-electron chi connectivity index (χ1n) is 6.02. The highest BCUT2D eigenvalue weighted by atomic mass is 19.1. The summed E-state index contributed by atoms with van der Waals surface area (Å²) in [6, 6.07) is 3.56. The minimum Gasteiger partial charge on any atom is -0.465 e. The minimum atomic E-state index is -1.17. The van der Waals surface area contributed by atoms with Crippen molar-refractivity contribution in [3.8, 4) is 0 Å². The van der Waals surface area contributed by atoms with Crippen LogP contribution in [0.5, 0.6) is 0 Å². The topological polar surface area (TPSA) is 90.7 Å². The fraction of sp³-hybridized carbons (Fsp3) is 0.385. The number of carbonyl (C=O) groups is 2. The van der Waals surface area contributed by atoms with E-state index in [1.807, 2.05) is 0 Å². The van der Waals surface area contributed by atoms with Crippen molar-refractivity contribution in [3.63, 3.8) is 0 Å². The Morgan fingerprint density at radius 2 is 2.25 bits per heavy atom. The molecule has 0 aromatic heterocycles. The van der Waals surface area contributed by atoms with Gasteiger partial charge in [0.2, 0.25) is 5.91 Å². The smallest absolute Gasteiger partial charge is 0.337 e. The zero-order chi connectivity index (χ0) is 14.8. The van der Waals surface area contributed by atoms with Gasteiger partial charge in [0.15, 0.2) is 0 Å². The van der Waals surface area contributed by atoms with Crippen LogP contribution in [0.3, 0.4) is 0 Å². The maximum Gasteiger partial charge on any atom is 0.337 e. The van der Waals surface area contributed by atoms with Crippen LogP contribution < -0.4 is 11.1 Å². The standard InChI is InChI=1S/C13H15FN2O4/c1-19-11(17)8-2-3-9(14)10(6-8)16-12(18)13(15)4-5-20-7-13/h2-3,6H,4-5,7,15H2,1H3,(H,16,18). The van der Waals surface area contributed by atoms with Gasteiger partial charge >= 0.3 is 5.97 Å². The Balaban J connectivity index is 2.20. The van der Waals surface area contributed by atoms with E-state index in [4.69, 9.17) is 10.5 Å². The number of ether oxygens (including phenoxy) is 2. The van der Waals surface area contributed by atoms with Crippen LogP contribution in [0.15, 0.2) is 18.2 Å². The first kappa shape index (κ1) is 14.4. The fourth-order valence-electron chi connectivity index (χ4n) is 1.87. The predicted molar refractivity (Wildman–Crippen MR) is 68.7 cm³/mol. The normalized spacial score (nSPS) is 21.6. The van der Waals surface area contributed by atoms with Gasteiger partial charge in [0.05, 0.1) is 25.0 Å². The molecular formula is C13H15FN2O4. The number of halogens is 1. The number of benzene rings is 1. The molecule has 0 saturated carbocycles. The Bertz CT molecular complexity index is 541. The summed E-state index contributed by atoms with van der Waals surface area (Å²) < 4.78 is 23.3. The molecule has 20 heavy (non-hydrogen) atoms. The molecule has 1 aromatic rings. The predicted octanol–water partition coefficient (Wildman–Crippen LogP) is 0.669. The van der Waals surface area contributed by atoms with Crippen LogP contribution in [0.1, 0.15) is 16.8 Å². The number of nitrogens with two attached hydrogens (primary N) is 1. The lowest BCUT2D eigenvalue weighted by molar-refractivity contribution is -0.121. The van der Waals surface area contributed by atoms with E-state index in [1.54, 1.807) is 0 Å². The van der Waals surface area contributed by atoms with Crippen molar-refractivity contribution in [2.75, 3.05) is 25.6 Å². The van der Waals surface area contributed by atoms with Gasteiger partial charge in [-0.2, -0.15) is 0 Å². The zero-order valence-electron chi connectivity index (χ0n) is 10.9. The van der Waals surface area contributed by atoms with Gasteiger partial charge in [0.1, 0.15) is 11.4 Å². The molecule has 1 heterocycles. The number of rotatable bonds is 3. The lowest BCUT2D eigenvalue weighted by atomic mass is 9.99. The van der Waals surface area contributed by atoms with Crippen LogP contribution in [0.25, 0.3) is 0 Å². The Morgan fingerprint density at radius 3 is 2.85 bits per heavy atom. The number of anilines is 1. The second kappa shape index (κ2) is 5.56. The average Bonchev–Trinajstić information content (AvgIpc) is 2.88. The number of nitrogens with one attached hydrogen (secondary N) is 1. The molecule has 1 atom stereocenters. The van der Waals surface area contributed by atoms with Crippen LogP contribution in [0.4, 0.5) is 10.1 Å². The third-order valence-corrected chi connectivity index (χ3v) is 3.14. The summed E-state index contributed by atoms with van der Waals surface area (Å²) >= 11 is 0. The summed E-state index contributed by atoms with van der Waals surface area (Å²) in [4.78, 5) is 23.4. The molecule has 1 aromatic carbocycles. The van der Waals surface area contributed by atoms with E-state index >= 15 is 0 Å². The Morgan fingerprint density at radius 1 is 1.50 bits per heavy atom. The molecule has 1 saturated heterocycles. The summed E-state index contributed by atoms with van der Waals surface area (Å²) in [6.45, 7) is 0.464. The van der Waals surface area contributed by atoms with Crippen LogP contribution in [-0.4, -0.2) is 37.7 Å². The summed E-state index contributed by atoms with van der Waals surface area (Å²) in [6.07, 6.45) is 0.358. The van der Waals surface area contributed by atoms with Gasteiger partial charge in [-0.05, 0) is 24.6 Å². The van der Waals surface area contributed by atoms with E-state index in [1.165, 1.54) is 19.2 Å². The molecule has 1 unspecified atom stereocenters. The molecule has 3 N–H and O–H groups in total. The SMILES string of the molecule is COC(=O)c1ccc(F)c(NC(=O)C2(N)CCOC2)c1. The molecular weight excluding hydrogens is 267 g/mol. The van der Waals surface area contributed by atoms with E-state index in [2.05, 4.69) is 10.1 Å². The van der Waals surface area contributed by atoms with Gasteiger partial charge in [0.25, 0.3) is 0 Å². The summed E-state index contributed by atoms with van der Waals surface area (Å²) in [5.74, 6) is -1.82. The van der Waals surface area contributed by atoms with Crippen molar-refractivity contribution in [2.45, 2.75) is 12.0 Å². The van der Waals surface area contributed by atoms with Crippen molar-refractivity contribution in [3.05, 3.63) is 29.6 Å². The highest BCUT2D eigenvalue weighted by Gasteiger charge is 2.38. The van der Waals surface area contributed by atoms with Crippen LogP contribution >= 0.6 is 0 Å². The quantitative estimate of drug-likeness (QED) is 0.795. The molecule has 0 spiro atoms. The highest BCUT2D eigenvalue weighted by Crippen LogP contribution is 2.21. The van der Waals surface area contributed by atoms with E-state index in [-0.39, 0.29) is 17.9 Å². The van der Waals surface area contributed by atoms with Crippen molar-refractivity contribution < 1.29 is 23.5 Å². The van der Waals surface area contributed by atoms with Crippen LogP contribution in [-0.2, 0) is 14.3 Å². The third kappa shape index (κ3) is 2.78. The Hall–Kier alpha value is -1.99. The van der Waals surface area contributed by atoms with Gasteiger partial charge in [-0.25, -0.2) is 9.18 Å². The zero-order valence-corrected chi connectivity index (χ0v) is 10.9. The molecule has 2 rings (SSSR count). The monoisotopic (exact) mass is 282 g/mol. The van der Waals surface area contributed by atoms with Crippen LogP contribution in [0, 0.1) is 5.82 Å². The van der Waals surface area contributed by atoms with E-state index in [9.17, 15) is 14.0 Å². The minimum absolute atomic E-state index is 0.0805. The highest BCUT2D eigenvalue weighted by molar-refractivity contribution is 5.99. The van der Waals surface area contributed by atoms with Gasteiger partial charge in [0, 0.05) is 6.61 Å². The summed E-state index contributed by atoms with van der Waals surface area (Å²) in [7, 11) is 1.22. The number of hydrogen-bond donors (Lipinski definition) is 2. The second-order valence-corrected chi connectivity index (χ2v) is 4.60. The number of hydrogen-bond acceptors (Lipinski definition) is 5. The molecule has 1 fully saturated rings. The van der Waals surface area contributed by atoms with E-state index in [0.29, 0.717) is 13.0 Å². The molecule has 0 radical (unpaired) electrons. The number of amides is 1. The number of carbonyl (C=O) groups excluding carboxylic acids is 2. The summed E-state index contributed by atoms with van der Waals surface area (Å²) in [5, 5.41) is 2.39. The first-order chi connectivity index (χ1) is 9.46. The molecule has 1 aliphatic rings.